The van der Waals surface area contributed by atoms with Gasteiger partial charge in [-0.2, -0.15) is 0 Å². The van der Waals surface area contributed by atoms with Crippen molar-refractivity contribution < 1.29 is 19.0 Å². The molecule has 0 saturated heterocycles. The van der Waals surface area contributed by atoms with Gasteiger partial charge in [-0.15, -0.1) is 0 Å². The van der Waals surface area contributed by atoms with Gasteiger partial charge in [-0.1, -0.05) is 6.42 Å². The van der Waals surface area contributed by atoms with E-state index in [1.54, 1.807) is 13.2 Å². The SMILES string of the molecule is COC1CCCCC12C[C@H](O)c1ccc(F)cc1O2. The maximum atomic E-state index is 13.4. The molecule has 104 valence electrons. The molecule has 3 nitrogen and oxygen atoms in total. The molecule has 3 rings (SSSR count). The first kappa shape index (κ1) is 12.9. The highest BCUT2D eigenvalue weighted by molar-refractivity contribution is 5.39. The molecule has 1 spiro atoms. The van der Waals surface area contributed by atoms with Crippen molar-refractivity contribution in [3.05, 3.63) is 29.6 Å². The lowest BCUT2D eigenvalue weighted by molar-refractivity contribution is -0.130. The molecule has 1 aliphatic carbocycles. The number of fused-ring (bicyclic) bond motifs is 1. The minimum Gasteiger partial charge on any atom is -0.484 e. The quantitative estimate of drug-likeness (QED) is 0.849. The Morgan fingerprint density at radius 3 is 3.05 bits per heavy atom. The number of halogens is 1. The van der Waals surface area contributed by atoms with Crippen LogP contribution >= 0.6 is 0 Å². The van der Waals surface area contributed by atoms with Gasteiger partial charge in [0.25, 0.3) is 0 Å². The molecule has 1 aliphatic heterocycles. The Morgan fingerprint density at radius 1 is 1.42 bits per heavy atom. The van der Waals surface area contributed by atoms with Crippen LogP contribution in [0.3, 0.4) is 0 Å². The molecule has 4 heteroatoms. The maximum Gasteiger partial charge on any atom is 0.138 e. The van der Waals surface area contributed by atoms with Crippen LogP contribution in [0.2, 0.25) is 0 Å². The number of aliphatic hydroxyl groups excluding tert-OH is 1. The van der Waals surface area contributed by atoms with Crippen molar-refractivity contribution >= 4 is 0 Å². The van der Waals surface area contributed by atoms with E-state index in [0.717, 1.165) is 25.7 Å². The van der Waals surface area contributed by atoms with Gasteiger partial charge in [-0.05, 0) is 31.4 Å². The van der Waals surface area contributed by atoms with Gasteiger partial charge >= 0.3 is 0 Å². The third-order valence-electron chi connectivity index (χ3n) is 4.37. The van der Waals surface area contributed by atoms with E-state index in [9.17, 15) is 9.50 Å². The van der Waals surface area contributed by atoms with Crippen LogP contribution in [-0.4, -0.2) is 23.9 Å². The van der Waals surface area contributed by atoms with Crippen LogP contribution < -0.4 is 4.74 Å². The van der Waals surface area contributed by atoms with Crippen LogP contribution in [0.15, 0.2) is 18.2 Å². The summed E-state index contributed by atoms with van der Waals surface area (Å²) in [6.45, 7) is 0. The lowest BCUT2D eigenvalue weighted by Crippen LogP contribution is -2.53. The van der Waals surface area contributed by atoms with Crippen LogP contribution in [-0.2, 0) is 4.74 Å². The van der Waals surface area contributed by atoms with Gasteiger partial charge in [-0.25, -0.2) is 4.39 Å². The van der Waals surface area contributed by atoms with E-state index in [1.807, 2.05) is 0 Å². The van der Waals surface area contributed by atoms with Gasteiger partial charge in [0.15, 0.2) is 0 Å². The zero-order chi connectivity index (χ0) is 13.5. The van der Waals surface area contributed by atoms with Crippen molar-refractivity contribution in [2.24, 2.45) is 0 Å². The highest BCUT2D eigenvalue weighted by Crippen LogP contribution is 2.47. The van der Waals surface area contributed by atoms with Gasteiger partial charge in [0.2, 0.25) is 0 Å². The molecule has 1 fully saturated rings. The molecule has 1 N–H and O–H groups in total. The molecule has 0 aromatic heterocycles. The smallest absolute Gasteiger partial charge is 0.138 e. The Labute approximate surface area is 112 Å². The summed E-state index contributed by atoms with van der Waals surface area (Å²) in [5.74, 6) is 0.121. The summed E-state index contributed by atoms with van der Waals surface area (Å²) in [5.41, 5.74) is 0.167. The standard InChI is InChI=1S/C15H19FO3/c1-18-14-4-2-3-7-15(14)9-12(17)11-6-5-10(16)8-13(11)19-15/h5-6,8,12,14,17H,2-4,7,9H2,1H3/t12-,14?,15?/m0/s1. The first-order valence-electron chi connectivity index (χ1n) is 6.84. The van der Waals surface area contributed by atoms with Crippen molar-refractivity contribution in [2.45, 2.75) is 49.9 Å². The zero-order valence-electron chi connectivity index (χ0n) is 11.1. The summed E-state index contributed by atoms with van der Waals surface area (Å²) < 4.78 is 25.0. The molecule has 1 aromatic rings. The fourth-order valence-corrected chi connectivity index (χ4v) is 3.43. The molecule has 0 bridgehead atoms. The predicted molar refractivity (Wildman–Crippen MR) is 68.6 cm³/mol. The Bertz CT molecular complexity index is 476. The van der Waals surface area contributed by atoms with E-state index < -0.39 is 11.7 Å². The van der Waals surface area contributed by atoms with E-state index in [0.29, 0.717) is 17.7 Å². The van der Waals surface area contributed by atoms with Crippen molar-refractivity contribution in [1.82, 2.24) is 0 Å². The van der Waals surface area contributed by atoms with Gasteiger partial charge in [0.1, 0.15) is 17.2 Å². The second kappa shape index (κ2) is 4.76. The average Bonchev–Trinajstić information content (AvgIpc) is 2.38. The van der Waals surface area contributed by atoms with Crippen LogP contribution in [0.1, 0.15) is 43.8 Å². The number of methoxy groups -OCH3 is 1. The normalized spacial score (nSPS) is 33.8. The molecule has 1 aromatic carbocycles. The largest absolute Gasteiger partial charge is 0.484 e. The summed E-state index contributed by atoms with van der Waals surface area (Å²) in [5, 5.41) is 10.3. The first-order chi connectivity index (χ1) is 9.14. The summed E-state index contributed by atoms with van der Waals surface area (Å²) in [6, 6.07) is 4.33. The number of aliphatic hydroxyl groups is 1. The number of hydrogen-bond acceptors (Lipinski definition) is 3. The van der Waals surface area contributed by atoms with Crippen LogP contribution in [0.5, 0.6) is 5.75 Å². The topological polar surface area (TPSA) is 38.7 Å². The van der Waals surface area contributed by atoms with Gasteiger partial charge in [0.05, 0.1) is 12.2 Å². The third kappa shape index (κ3) is 2.13. The zero-order valence-corrected chi connectivity index (χ0v) is 11.1. The summed E-state index contributed by atoms with van der Waals surface area (Å²) >= 11 is 0. The van der Waals surface area contributed by atoms with Gasteiger partial charge < -0.3 is 14.6 Å². The minimum atomic E-state index is -0.611. The van der Waals surface area contributed by atoms with Gasteiger partial charge in [-0.3, -0.25) is 0 Å². The molecule has 19 heavy (non-hydrogen) atoms. The monoisotopic (exact) mass is 266 g/mol. The van der Waals surface area contributed by atoms with Crippen molar-refractivity contribution in [3.63, 3.8) is 0 Å². The highest BCUT2D eigenvalue weighted by Gasteiger charge is 2.48. The van der Waals surface area contributed by atoms with Gasteiger partial charge in [0, 0.05) is 25.2 Å². The van der Waals surface area contributed by atoms with Crippen LogP contribution in [0.4, 0.5) is 4.39 Å². The summed E-state index contributed by atoms with van der Waals surface area (Å²) in [7, 11) is 1.68. The molecule has 0 amide bonds. The Hall–Kier alpha value is -1.13. The molecule has 3 atom stereocenters. The molecule has 1 saturated carbocycles. The highest BCUT2D eigenvalue weighted by atomic mass is 19.1. The predicted octanol–water partition coefficient (Wildman–Crippen LogP) is 2.97. The maximum absolute atomic E-state index is 13.4. The minimum absolute atomic E-state index is 0.0349. The van der Waals surface area contributed by atoms with Crippen molar-refractivity contribution in [2.75, 3.05) is 7.11 Å². The molecule has 0 radical (unpaired) electrons. The fourth-order valence-electron chi connectivity index (χ4n) is 3.43. The number of benzene rings is 1. The second-order valence-electron chi connectivity index (χ2n) is 5.54. The van der Waals surface area contributed by atoms with Crippen molar-refractivity contribution in [3.8, 4) is 5.75 Å². The first-order valence-corrected chi connectivity index (χ1v) is 6.84. The average molecular weight is 266 g/mol. The Balaban J connectivity index is 1.98. The molecular formula is C15H19FO3. The molecule has 1 heterocycles. The molecule has 2 unspecified atom stereocenters. The van der Waals surface area contributed by atoms with E-state index >= 15 is 0 Å². The number of ether oxygens (including phenoxy) is 2. The van der Waals surface area contributed by atoms with E-state index in [2.05, 4.69) is 0 Å². The molecular weight excluding hydrogens is 247 g/mol. The van der Waals surface area contributed by atoms with E-state index in [-0.39, 0.29) is 11.9 Å². The Kier molecular flexibility index (Phi) is 3.23. The summed E-state index contributed by atoms with van der Waals surface area (Å²) in [6.07, 6.45) is 3.80. The lowest BCUT2D eigenvalue weighted by atomic mass is 9.75. The lowest BCUT2D eigenvalue weighted by Gasteiger charge is -2.47. The fraction of sp³-hybridized carbons (Fsp3) is 0.600. The Morgan fingerprint density at radius 2 is 2.26 bits per heavy atom. The summed E-state index contributed by atoms with van der Waals surface area (Å²) in [4.78, 5) is 0. The third-order valence-corrected chi connectivity index (χ3v) is 4.37. The van der Waals surface area contributed by atoms with Crippen molar-refractivity contribution in [1.29, 1.82) is 0 Å². The second-order valence-corrected chi connectivity index (χ2v) is 5.54. The van der Waals surface area contributed by atoms with E-state index in [1.165, 1.54) is 12.1 Å². The number of rotatable bonds is 1. The molecule has 2 aliphatic rings. The van der Waals surface area contributed by atoms with E-state index in [4.69, 9.17) is 9.47 Å². The van der Waals surface area contributed by atoms with Crippen LogP contribution in [0.25, 0.3) is 0 Å². The van der Waals surface area contributed by atoms with Crippen LogP contribution in [0, 0.1) is 5.82 Å². The number of hydrogen-bond donors (Lipinski definition) is 1.